The fraction of sp³-hybridized carbons (Fsp3) is 0.300. The molecule has 0 atom stereocenters. The summed E-state index contributed by atoms with van der Waals surface area (Å²) < 4.78 is 5.23. The number of nitrogens with one attached hydrogen (secondary N) is 1. The Morgan fingerprint density at radius 3 is 2.85 bits per heavy atom. The van der Waals surface area contributed by atoms with Crippen LogP contribution in [0.15, 0.2) is 23.1 Å². The predicted octanol–water partition coefficient (Wildman–Crippen LogP) is 1.81. The molecular formula is C10H13NO2. The van der Waals surface area contributed by atoms with Crippen molar-refractivity contribution in [2.45, 2.75) is 13.8 Å². The molecule has 0 saturated heterocycles. The van der Waals surface area contributed by atoms with Gasteiger partial charge in [0.2, 0.25) is 0 Å². The van der Waals surface area contributed by atoms with Crippen LogP contribution in [0.2, 0.25) is 0 Å². The van der Waals surface area contributed by atoms with Gasteiger partial charge in [-0.05, 0) is 19.9 Å². The first-order valence-corrected chi connectivity index (χ1v) is 4.11. The quantitative estimate of drug-likeness (QED) is 0.719. The molecule has 13 heavy (non-hydrogen) atoms. The minimum atomic E-state index is -0.189. The van der Waals surface area contributed by atoms with Crippen LogP contribution in [0.25, 0.3) is 0 Å². The molecule has 70 valence electrons. The van der Waals surface area contributed by atoms with E-state index in [-0.39, 0.29) is 5.91 Å². The predicted molar refractivity (Wildman–Crippen MR) is 50.7 cm³/mol. The molecule has 0 saturated carbocycles. The number of carbonyl (C=O) groups excluding carboxylic acids is 1. The molecule has 1 rings (SSSR count). The highest BCUT2D eigenvalue weighted by molar-refractivity contribution is 5.92. The van der Waals surface area contributed by atoms with Crippen molar-refractivity contribution in [2.24, 2.45) is 0 Å². The standard InChI is InChI=1S/C10H13NO2/c1-4-5-11-10(12)9-7(2)6-8(3)13-9/h4,6H,1,5H2,2-3H3,(H,11,12). The minimum Gasteiger partial charge on any atom is -0.456 e. The molecular weight excluding hydrogens is 166 g/mol. The second-order valence-electron chi connectivity index (χ2n) is 2.87. The minimum absolute atomic E-state index is 0.189. The molecule has 0 aliphatic rings. The van der Waals surface area contributed by atoms with Gasteiger partial charge < -0.3 is 9.73 Å². The van der Waals surface area contributed by atoms with Gasteiger partial charge in [0.25, 0.3) is 5.91 Å². The molecule has 1 amide bonds. The Morgan fingerprint density at radius 2 is 2.38 bits per heavy atom. The Labute approximate surface area is 77.4 Å². The Bertz CT molecular complexity index is 326. The summed E-state index contributed by atoms with van der Waals surface area (Å²) in [4.78, 5) is 11.4. The summed E-state index contributed by atoms with van der Waals surface area (Å²) in [5, 5.41) is 2.65. The number of hydrogen-bond acceptors (Lipinski definition) is 2. The average molecular weight is 179 g/mol. The summed E-state index contributed by atoms with van der Waals surface area (Å²) in [5.74, 6) is 0.950. The normalized spacial score (nSPS) is 9.69. The molecule has 0 spiro atoms. The highest BCUT2D eigenvalue weighted by Gasteiger charge is 2.12. The number of aryl methyl sites for hydroxylation is 2. The molecule has 1 heterocycles. The van der Waals surface area contributed by atoms with Crippen LogP contribution in [0.4, 0.5) is 0 Å². The highest BCUT2D eigenvalue weighted by atomic mass is 16.3. The maximum absolute atomic E-state index is 11.4. The Balaban J connectivity index is 2.76. The van der Waals surface area contributed by atoms with Gasteiger partial charge in [-0.2, -0.15) is 0 Å². The first-order valence-electron chi connectivity index (χ1n) is 4.11. The number of amides is 1. The van der Waals surface area contributed by atoms with Gasteiger partial charge in [0.05, 0.1) is 0 Å². The molecule has 0 aliphatic carbocycles. The molecule has 0 unspecified atom stereocenters. The van der Waals surface area contributed by atoms with E-state index in [1.165, 1.54) is 0 Å². The summed E-state index contributed by atoms with van der Waals surface area (Å²) in [6.07, 6.45) is 1.63. The summed E-state index contributed by atoms with van der Waals surface area (Å²) in [7, 11) is 0. The zero-order chi connectivity index (χ0) is 9.84. The second kappa shape index (κ2) is 3.94. The van der Waals surface area contributed by atoms with Gasteiger partial charge >= 0.3 is 0 Å². The topological polar surface area (TPSA) is 42.2 Å². The zero-order valence-electron chi connectivity index (χ0n) is 7.89. The fourth-order valence-corrected chi connectivity index (χ4v) is 1.11. The third kappa shape index (κ3) is 2.21. The van der Waals surface area contributed by atoms with E-state index in [1.54, 1.807) is 6.08 Å². The third-order valence-electron chi connectivity index (χ3n) is 1.65. The number of hydrogen-bond donors (Lipinski definition) is 1. The van der Waals surface area contributed by atoms with E-state index in [0.29, 0.717) is 12.3 Å². The fourth-order valence-electron chi connectivity index (χ4n) is 1.11. The lowest BCUT2D eigenvalue weighted by Gasteiger charge is -1.98. The lowest BCUT2D eigenvalue weighted by molar-refractivity contribution is 0.0928. The van der Waals surface area contributed by atoms with Crippen LogP contribution in [-0.2, 0) is 0 Å². The second-order valence-corrected chi connectivity index (χ2v) is 2.87. The molecule has 3 heteroatoms. The van der Waals surface area contributed by atoms with Crippen LogP contribution < -0.4 is 5.32 Å². The summed E-state index contributed by atoms with van der Waals surface area (Å²) in [5.41, 5.74) is 0.860. The van der Waals surface area contributed by atoms with Crippen LogP contribution in [0, 0.1) is 13.8 Å². The van der Waals surface area contributed by atoms with E-state index in [9.17, 15) is 4.79 Å². The van der Waals surface area contributed by atoms with Crippen molar-refractivity contribution < 1.29 is 9.21 Å². The van der Waals surface area contributed by atoms with E-state index in [1.807, 2.05) is 19.9 Å². The molecule has 1 N–H and O–H groups in total. The van der Waals surface area contributed by atoms with E-state index in [4.69, 9.17) is 4.42 Å². The highest BCUT2D eigenvalue weighted by Crippen LogP contribution is 2.12. The van der Waals surface area contributed by atoms with Crippen molar-refractivity contribution in [2.75, 3.05) is 6.54 Å². The van der Waals surface area contributed by atoms with Crippen molar-refractivity contribution >= 4 is 5.91 Å². The number of carbonyl (C=O) groups is 1. The van der Waals surface area contributed by atoms with Gasteiger partial charge in [0.1, 0.15) is 5.76 Å². The molecule has 3 nitrogen and oxygen atoms in total. The monoisotopic (exact) mass is 179 g/mol. The molecule has 0 aromatic carbocycles. The first kappa shape index (κ1) is 9.58. The SMILES string of the molecule is C=CCNC(=O)c1oc(C)cc1C. The van der Waals surface area contributed by atoms with Gasteiger partial charge in [-0.3, -0.25) is 4.79 Å². The molecule has 0 fully saturated rings. The van der Waals surface area contributed by atoms with Crippen LogP contribution in [0.5, 0.6) is 0 Å². The molecule has 1 aromatic heterocycles. The number of rotatable bonds is 3. The molecule has 1 aromatic rings. The largest absolute Gasteiger partial charge is 0.456 e. The van der Waals surface area contributed by atoms with Crippen molar-refractivity contribution in [3.63, 3.8) is 0 Å². The molecule has 0 aliphatic heterocycles. The Morgan fingerprint density at radius 1 is 1.69 bits per heavy atom. The summed E-state index contributed by atoms with van der Waals surface area (Å²) in [6, 6.07) is 1.84. The van der Waals surface area contributed by atoms with E-state index >= 15 is 0 Å². The first-order chi connectivity index (χ1) is 6.15. The van der Waals surface area contributed by atoms with E-state index < -0.39 is 0 Å². The van der Waals surface area contributed by atoms with E-state index in [2.05, 4.69) is 11.9 Å². The maximum Gasteiger partial charge on any atom is 0.287 e. The van der Waals surface area contributed by atoms with Crippen LogP contribution in [-0.4, -0.2) is 12.5 Å². The third-order valence-corrected chi connectivity index (χ3v) is 1.65. The van der Waals surface area contributed by atoms with Crippen LogP contribution >= 0.6 is 0 Å². The number of furan rings is 1. The van der Waals surface area contributed by atoms with Crippen molar-refractivity contribution in [3.05, 3.63) is 35.8 Å². The lowest BCUT2D eigenvalue weighted by Crippen LogP contribution is -2.23. The smallest absolute Gasteiger partial charge is 0.287 e. The summed E-state index contributed by atoms with van der Waals surface area (Å²) >= 11 is 0. The van der Waals surface area contributed by atoms with Crippen molar-refractivity contribution in [1.29, 1.82) is 0 Å². The Kier molecular flexibility index (Phi) is 2.90. The average Bonchev–Trinajstić information content (AvgIpc) is 2.41. The van der Waals surface area contributed by atoms with Crippen LogP contribution in [0.1, 0.15) is 21.9 Å². The van der Waals surface area contributed by atoms with Crippen LogP contribution in [0.3, 0.4) is 0 Å². The van der Waals surface area contributed by atoms with Gasteiger partial charge in [0.15, 0.2) is 5.76 Å². The molecule has 0 bridgehead atoms. The van der Waals surface area contributed by atoms with Crippen molar-refractivity contribution in [3.8, 4) is 0 Å². The molecule has 0 radical (unpaired) electrons. The van der Waals surface area contributed by atoms with Gasteiger partial charge in [0, 0.05) is 12.1 Å². The van der Waals surface area contributed by atoms with E-state index in [0.717, 1.165) is 11.3 Å². The Hall–Kier alpha value is -1.51. The van der Waals surface area contributed by atoms with Gasteiger partial charge in [-0.15, -0.1) is 6.58 Å². The maximum atomic E-state index is 11.4. The summed E-state index contributed by atoms with van der Waals surface area (Å²) in [6.45, 7) is 7.63. The van der Waals surface area contributed by atoms with Gasteiger partial charge in [-0.25, -0.2) is 0 Å². The zero-order valence-corrected chi connectivity index (χ0v) is 7.89. The van der Waals surface area contributed by atoms with Crippen molar-refractivity contribution in [1.82, 2.24) is 5.32 Å². The van der Waals surface area contributed by atoms with Gasteiger partial charge in [-0.1, -0.05) is 6.08 Å². The lowest BCUT2D eigenvalue weighted by atomic mass is 10.2.